The standard InChI is InChI=1S/C31H33N3O3/c1-19-27(20(2)33-32-19)23-8-6-7-9-24(23)28(35)34-17-15-26-30(3,4)25(14-16-31(26,5)18-34)21-10-12-22(13-11-21)29(36)37/h6-15H,16-18H2,1-5H3,(H,32,33)(H,36,37)/t31-/m1/s1. The second-order valence-electron chi connectivity index (χ2n) is 11.0. The van der Waals surface area contributed by atoms with Crippen molar-refractivity contribution in [2.24, 2.45) is 10.8 Å². The van der Waals surface area contributed by atoms with Crippen molar-refractivity contribution in [3.05, 3.63) is 94.3 Å². The molecule has 1 aromatic heterocycles. The molecule has 0 bridgehead atoms. The highest BCUT2D eigenvalue weighted by molar-refractivity contribution is 6.01. The van der Waals surface area contributed by atoms with Gasteiger partial charge in [-0.25, -0.2) is 4.79 Å². The van der Waals surface area contributed by atoms with E-state index in [-0.39, 0.29) is 22.3 Å². The molecule has 0 saturated heterocycles. The van der Waals surface area contributed by atoms with Gasteiger partial charge in [0.05, 0.1) is 11.3 Å². The van der Waals surface area contributed by atoms with Crippen molar-refractivity contribution in [3.8, 4) is 11.1 Å². The van der Waals surface area contributed by atoms with E-state index in [0.29, 0.717) is 18.7 Å². The second-order valence-corrected chi connectivity index (χ2v) is 11.0. The number of carboxylic acids is 1. The van der Waals surface area contributed by atoms with Crippen LogP contribution < -0.4 is 0 Å². The van der Waals surface area contributed by atoms with E-state index in [9.17, 15) is 14.7 Å². The predicted octanol–water partition coefficient (Wildman–Crippen LogP) is 6.29. The number of aromatic carboxylic acids is 1. The molecule has 37 heavy (non-hydrogen) atoms. The minimum atomic E-state index is -0.921. The number of hydrogen-bond donors (Lipinski definition) is 2. The number of rotatable bonds is 4. The lowest BCUT2D eigenvalue weighted by molar-refractivity contribution is 0.0679. The van der Waals surface area contributed by atoms with Crippen LogP contribution in [0, 0.1) is 24.7 Å². The summed E-state index contributed by atoms with van der Waals surface area (Å²) >= 11 is 0. The van der Waals surface area contributed by atoms with Crippen LogP contribution in [-0.4, -0.2) is 45.2 Å². The average Bonchev–Trinajstić information content (AvgIpc) is 3.20. The smallest absolute Gasteiger partial charge is 0.335 e. The Bertz CT molecular complexity index is 1440. The highest BCUT2D eigenvalue weighted by Crippen LogP contribution is 2.55. The average molecular weight is 496 g/mol. The van der Waals surface area contributed by atoms with Crippen molar-refractivity contribution in [2.45, 2.75) is 41.0 Å². The Morgan fingerprint density at radius 1 is 1.00 bits per heavy atom. The minimum absolute atomic E-state index is 0.0315. The molecule has 6 heteroatoms. The van der Waals surface area contributed by atoms with E-state index in [1.165, 1.54) is 11.1 Å². The summed E-state index contributed by atoms with van der Waals surface area (Å²) in [5.41, 5.74) is 7.86. The predicted molar refractivity (Wildman–Crippen MR) is 145 cm³/mol. The molecule has 1 aliphatic heterocycles. The number of fused-ring (bicyclic) bond motifs is 1. The van der Waals surface area contributed by atoms with E-state index >= 15 is 0 Å². The van der Waals surface area contributed by atoms with Crippen molar-refractivity contribution < 1.29 is 14.7 Å². The van der Waals surface area contributed by atoms with Gasteiger partial charge in [0, 0.05) is 40.7 Å². The molecular formula is C31H33N3O3. The van der Waals surface area contributed by atoms with E-state index in [1.54, 1.807) is 12.1 Å². The third kappa shape index (κ3) is 4.10. The lowest BCUT2D eigenvalue weighted by Crippen LogP contribution is -2.48. The molecule has 0 unspecified atom stereocenters. The van der Waals surface area contributed by atoms with Gasteiger partial charge in [-0.3, -0.25) is 9.89 Å². The molecule has 1 aliphatic carbocycles. The number of H-pyrrole nitrogens is 1. The molecule has 1 amide bonds. The maximum Gasteiger partial charge on any atom is 0.335 e. The molecule has 2 heterocycles. The van der Waals surface area contributed by atoms with Gasteiger partial charge < -0.3 is 10.0 Å². The number of carbonyl (C=O) groups is 2. The summed E-state index contributed by atoms with van der Waals surface area (Å²) < 4.78 is 0. The summed E-state index contributed by atoms with van der Waals surface area (Å²) in [6.45, 7) is 11.8. The minimum Gasteiger partial charge on any atom is -0.478 e. The first kappa shape index (κ1) is 24.8. The zero-order chi connectivity index (χ0) is 26.5. The molecular weight excluding hydrogens is 462 g/mol. The Kier molecular flexibility index (Phi) is 5.94. The molecule has 2 aromatic carbocycles. The SMILES string of the molecule is Cc1n[nH]c(C)c1-c1ccccc1C(=O)N1CC=C2C(C)(C)C(c3ccc(C(=O)O)cc3)=CC[C@]2(C)C1. The Balaban J connectivity index is 1.45. The number of hydrogen-bond acceptors (Lipinski definition) is 3. The van der Waals surface area contributed by atoms with Gasteiger partial charge >= 0.3 is 5.97 Å². The lowest BCUT2D eigenvalue weighted by atomic mass is 9.58. The molecule has 0 spiro atoms. The van der Waals surface area contributed by atoms with Crippen molar-refractivity contribution in [1.82, 2.24) is 15.1 Å². The number of benzene rings is 2. The fourth-order valence-electron chi connectivity index (χ4n) is 6.36. The van der Waals surface area contributed by atoms with Crippen molar-refractivity contribution >= 4 is 17.4 Å². The number of nitrogens with one attached hydrogen (secondary N) is 1. The summed E-state index contributed by atoms with van der Waals surface area (Å²) in [6.07, 6.45) is 5.31. The highest BCUT2D eigenvalue weighted by Gasteiger charge is 2.46. The van der Waals surface area contributed by atoms with Crippen LogP contribution in [0.5, 0.6) is 0 Å². The largest absolute Gasteiger partial charge is 0.478 e. The number of carbonyl (C=O) groups excluding carboxylic acids is 1. The van der Waals surface area contributed by atoms with Crippen LogP contribution in [0.3, 0.4) is 0 Å². The van der Waals surface area contributed by atoms with Crippen LogP contribution in [0.2, 0.25) is 0 Å². The number of allylic oxidation sites excluding steroid dienone is 2. The zero-order valence-electron chi connectivity index (χ0n) is 22.1. The molecule has 6 nitrogen and oxygen atoms in total. The summed E-state index contributed by atoms with van der Waals surface area (Å²) in [6, 6.07) is 14.9. The van der Waals surface area contributed by atoms with Crippen molar-refractivity contribution in [3.63, 3.8) is 0 Å². The molecule has 190 valence electrons. The summed E-state index contributed by atoms with van der Waals surface area (Å²) in [5.74, 6) is -0.889. The Morgan fingerprint density at radius 3 is 2.35 bits per heavy atom. The van der Waals surface area contributed by atoms with Gasteiger partial charge in [0.2, 0.25) is 0 Å². The zero-order valence-corrected chi connectivity index (χ0v) is 22.1. The molecule has 0 fully saturated rings. The Morgan fingerprint density at radius 2 is 1.70 bits per heavy atom. The molecule has 3 aromatic rings. The molecule has 0 radical (unpaired) electrons. The summed E-state index contributed by atoms with van der Waals surface area (Å²) in [4.78, 5) is 27.1. The van der Waals surface area contributed by atoms with Crippen LogP contribution >= 0.6 is 0 Å². The number of nitrogens with zero attached hydrogens (tertiary/aromatic N) is 2. The number of aromatic nitrogens is 2. The number of amides is 1. The quantitative estimate of drug-likeness (QED) is 0.416. The second kappa shape index (κ2) is 8.87. The maximum atomic E-state index is 13.9. The molecule has 2 aliphatic rings. The topological polar surface area (TPSA) is 86.3 Å². The van der Waals surface area contributed by atoms with Crippen LogP contribution in [0.15, 0.2) is 66.3 Å². The van der Waals surface area contributed by atoms with Gasteiger partial charge in [0.15, 0.2) is 0 Å². The van der Waals surface area contributed by atoms with Gasteiger partial charge in [-0.05, 0) is 55.2 Å². The van der Waals surface area contributed by atoms with Crippen LogP contribution in [-0.2, 0) is 0 Å². The van der Waals surface area contributed by atoms with Gasteiger partial charge in [-0.2, -0.15) is 5.10 Å². The van der Waals surface area contributed by atoms with Gasteiger partial charge in [-0.15, -0.1) is 0 Å². The first-order valence-electron chi connectivity index (χ1n) is 12.7. The van der Waals surface area contributed by atoms with Gasteiger partial charge in [0.1, 0.15) is 0 Å². The Labute approximate surface area is 217 Å². The van der Waals surface area contributed by atoms with Crippen LogP contribution in [0.1, 0.15) is 64.9 Å². The fourth-order valence-corrected chi connectivity index (χ4v) is 6.36. The summed E-state index contributed by atoms with van der Waals surface area (Å²) in [5, 5.41) is 16.6. The van der Waals surface area contributed by atoms with Crippen LogP contribution in [0.4, 0.5) is 0 Å². The van der Waals surface area contributed by atoms with Crippen molar-refractivity contribution in [2.75, 3.05) is 13.1 Å². The lowest BCUT2D eigenvalue weighted by Gasteiger charge is -2.50. The van der Waals surface area contributed by atoms with E-state index in [4.69, 9.17) is 0 Å². The normalized spacial score (nSPS) is 20.6. The van der Waals surface area contributed by atoms with E-state index in [2.05, 4.69) is 43.1 Å². The summed E-state index contributed by atoms with van der Waals surface area (Å²) in [7, 11) is 0. The first-order chi connectivity index (χ1) is 17.5. The number of aryl methyl sites for hydroxylation is 2. The van der Waals surface area contributed by atoms with Gasteiger partial charge in [0.25, 0.3) is 5.91 Å². The molecule has 5 rings (SSSR count). The van der Waals surface area contributed by atoms with E-state index in [1.807, 2.05) is 55.1 Å². The van der Waals surface area contributed by atoms with Gasteiger partial charge in [-0.1, -0.05) is 68.8 Å². The fraction of sp³-hybridized carbons (Fsp3) is 0.323. The van der Waals surface area contributed by atoms with Crippen LogP contribution in [0.25, 0.3) is 16.7 Å². The van der Waals surface area contributed by atoms with E-state index in [0.717, 1.165) is 34.5 Å². The number of aromatic amines is 1. The molecule has 0 saturated carbocycles. The molecule has 1 atom stereocenters. The number of carboxylic acid groups (broad SMARTS) is 1. The Hall–Kier alpha value is -3.93. The molecule has 2 N–H and O–H groups in total. The third-order valence-corrected chi connectivity index (χ3v) is 8.09. The maximum absolute atomic E-state index is 13.9. The third-order valence-electron chi connectivity index (χ3n) is 8.09. The highest BCUT2D eigenvalue weighted by atomic mass is 16.4. The van der Waals surface area contributed by atoms with Crippen molar-refractivity contribution in [1.29, 1.82) is 0 Å². The first-order valence-corrected chi connectivity index (χ1v) is 12.7. The van der Waals surface area contributed by atoms with E-state index < -0.39 is 5.97 Å². The monoisotopic (exact) mass is 495 g/mol.